The summed E-state index contributed by atoms with van der Waals surface area (Å²) in [5.74, 6) is 0.483. The van der Waals surface area contributed by atoms with Crippen LogP contribution in [0.4, 0.5) is 24.9 Å². The molecule has 6 rings (SSSR count). The molecule has 1 saturated carbocycles. The summed E-state index contributed by atoms with van der Waals surface area (Å²) in [4.78, 5) is 24.8. The molecular formula is C31H34F3N5O5. The van der Waals surface area contributed by atoms with Gasteiger partial charge in [-0.2, -0.15) is 4.98 Å². The number of hydrogen-bond donors (Lipinski definition) is 2. The van der Waals surface area contributed by atoms with Gasteiger partial charge in [-0.05, 0) is 67.1 Å². The first-order valence-corrected chi connectivity index (χ1v) is 14.7. The van der Waals surface area contributed by atoms with Gasteiger partial charge in [0.2, 0.25) is 5.95 Å². The monoisotopic (exact) mass is 613 g/mol. The minimum atomic E-state index is -4.73. The first-order valence-electron chi connectivity index (χ1n) is 14.7. The van der Waals surface area contributed by atoms with Crippen molar-refractivity contribution in [2.75, 3.05) is 50.0 Å². The number of nitrogens with two attached hydrogens (primary N) is 1. The zero-order valence-electron chi connectivity index (χ0n) is 24.1. The molecule has 2 heterocycles. The lowest BCUT2D eigenvalue weighted by Crippen LogP contribution is -2.48. The molecular weight excluding hydrogens is 579 g/mol. The lowest BCUT2D eigenvalue weighted by Gasteiger charge is -2.38. The van der Waals surface area contributed by atoms with Crippen molar-refractivity contribution in [2.45, 2.75) is 44.8 Å². The number of aliphatic carboxylic acids is 1. The Morgan fingerprint density at radius 3 is 2.43 bits per heavy atom. The first kappa shape index (κ1) is 29.9. The molecule has 13 heteroatoms. The van der Waals surface area contributed by atoms with Crippen LogP contribution >= 0.6 is 0 Å². The fourth-order valence-corrected chi connectivity index (χ4v) is 5.95. The molecule has 10 nitrogen and oxygen atoms in total. The van der Waals surface area contributed by atoms with E-state index in [0.717, 1.165) is 73.8 Å². The number of fused-ring (bicyclic) bond motifs is 3. The van der Waals surface area contributed by atoms with Crippen LogP contribution in [-0.4, -0.2) is 77.7 Å². The number of aryl methyl sites for hydroxylation is 1. The van der Waals surface area contributed by atoms with Crippen molar-refractivity contribution in [1.29, 1.82) is 0 Å². The topological polar surface area (TPSA) is 123 Å². The number of halogens is 3. The Labute approximate surface area is 252 Å². The summed E-state index contributed by atoms with van der Waals surface area (Å²) in [7, 11) is 0. The molecule has 1 aliphatic heterocycles. The fourth-order valence-electron chi connectivity index (χ4n) is 5.95. The second kappa shape index (κ2) is 12.5. The molecule has 2 aliphatic carbocycles. The van der Waals surface area contributed by atoms with Crippen molar-refractivity contribution in [2.24, 2.45) is 5.92 Å². The van der Waals surface area contributed by atoms with E-state index in [4.69, 9.17) is 20.3 Å². The van der Waals surface area contributed by atoms with Gasteiger partial charge in [0.25, 0.3) is 0 Å². The fraction of sp³-hybridized carbons (Fsp3) is 0.452. The summed E-state index contributed by atoms with van der Waals surface area (Å²) < 4.78 is 52.9. The highest BCUT2D eigenvalue weighted by Gasteiger charge is 2.35. The van der Waals surface area contributed by atoms with Crippen LogP contribution in [0.15, 0.2) is 42.5 Å². The standard InChI is InChI=1S/C31H34F3N5O5/c32-31(33,34)44-22-4-1-19(2-5-22)18-43-23-6-8-25-20(15-23)3-7-26-27(25)36-30(35)37-28(26)39-11-9-38(10-12-39)13-14-42-24-16-21(17-24)29(40)41/h1-2,4-6,8,15,21,24H,3,7,9-14,16-18H2,(H,40,41)(H2,35,36,37). The molecule has 0 amide bonds. The zero-order valence-corrected chi connectivity index (χ0v) is 24.1. The van der Waals surface area contributed by atoms with E-state index in [1.165, 1.54) is 24.3 Å². The number of nitrogen functional groups attached to an aromatic ring is 1. The van der Waals surface area contributed by atoms with Gasteiger partial charge >= 0.3 is 12.3 Å². The molecule has 1 saturated heterocycles. The third-order valence-corrected chi connectivity index (χ3v) is 8.42. The van der Waals surface area contributed by atoms with Crippen LogP contribution < -0.4 is 20.1 Å². The maximum absolute atomic E-state index is 12.4. The largest absolute Gasteiger partial charge is 0.573 e. The number of ether oxygens (including phenoxy) is 3. The maximum atomic E-state index is 12.4. The van der Waals surface area contributed by atoms with Crippen molar-refractivity contribution >= 4 is 17.7 Å². The Hall–Kier alpha value is -4.10. The second-order valence-corrected chi connectivity index (χ2v) is 11.4. The van der Waals surface area contributed by atoms with Crippen LogP contribution in [0, 0.1) is 5.92 Å². The van der Waals surface area contributed by atoms with E-state index in [-0.39, 0.29) is 30.3 Å². The molecule has 0 radical (unpaired) electrons. The highest BCUT2D eigenvalue weighted by molar-refractivity contribution is 5.76. The summed E-state index contributed by atoms with van der Waals surface area (Å²) >= 11 is 0. The van der Waals surface area contributed by atoms with Gasteiger partial charge in [0, 0.05) is 43.9 Å². The van der Waals surface area contributed by atoms with Gasteiger partial charge in [-0.1, -0.05) is 12.1 Å². The predicted molar refractivity (Wildman–Crippen MR) is 155 cm³/mol. The molecule has 2 fully saturated rings. The van der Waals surface area contributed by atoms with Gasteiger partial charge in [0.1, 0.15) is 23.9 Å². The minimum absolute atomic E-state index is 0.0564. The van der Waals surface area contributed by atoms with Gasteiger partial charge in [-0.15, -0.1) is 13.2 Å². The number of benzene rings is 2. The van der Waals surface area contributed by atoms with E-state index in [0.29, 0.717) is 30.8 Å². The van der Waals surface area contributed by atoms with Gasteiger partial charge in [-0.3, -0.25) is 9.69 Å². The van der Waals surface area contributed by atoms with Crippen molar-refractivity contribution in [3.8, 4) is 22.8 Å². The normalized spacial score (nSPS) is 19.9. The summed E-state index contributed by atoms with van der Waals surface area (Å²) in [6.45, 7) is 4.93. The lowest BCUT2D eigenvalue weighted by molar-refractivity contribution is -0.274. The van der Waals surface area contributed by atoms with E-state index in [1.54, 1.807) is 0 Å². The predicted octanol–water partition coefficient (Wildman–Crippen LogP) is 4.30. The van der Waals surface area contributed by atoms with Crippen LogP contribution in [0.2, 0.25) is 0 Å². The van der Waals surface area contributed by atoms with E-state index in [9.17, 15) is 18.0 Å². The van der Waals surface area contributed by atoms with E-state index < -0.39 is 12.3 Å². The number of hydrogen-bond acceptors (Lipinski definition) is 9. The van der Waals surface area contributed by atoms with Gasteiger partial charge in [0.05, 0.1) is 24.3 Å². The van der Waals surface area contributed by atoms with E-state index in [1.807, 2.05) is 18.2 Å². The number of rotatable bonds is 10. The average molecular weight is 614 g/mol. The smallest absolute Gasteiger partial charge is 0.489 e. The number of aromatic nitrogens is 2. The van der Waals surface area contributed by atoms with E-state index >= 15 is 0 Å². The molecule has 0 bridgehead atoms. The molecule has 0 atom stereocenters. The van der Waals surface area contributed by atoms with Crippen LogP contribution in [0.1, 0.15) is 29.5 Å². The lowest BCUT2D eigenvalue weighted by atomic mass is 9.82. The Balaban J connectivity index is 1.05. The van der Waals surface area contributed by atoms with Crippen LogP contribution in [0.25, 0.3) is 11.3 Å². The highest BCUT2D eigenvalue weighted by Crippen LogP contribution is 2.39. The van der Waals surface area contributed by atoms with Gasteiger partial charge < -0.3 is 30.0 Å². The first-order chi connectivity index (χ1) is 21.1. The maximum Gasteiger partial charge on any atom is 0.573 e. The molecule has 0 unspecified atom stereocenters. The number of carboxylic acids is 1. The van der Waals surface area contributed by atoms with Crippen LogP contribution in [-0.2, 0) is 29.0 Å². The second-order valence-electron chi connectivity index (χ2n) is 11.4. The van der Waals surface area contributed by atoms with Crippen molar-refractivity contribution < 1.29 is 37.3 Å². The third kappa shape index (κ3) is 6.99. The Morgan fingerprint density at radius 1 is 1.00 bits per heavy atom. The number of carboxylic acid groups (broad SMARTS) is 1. The number of piperazine rings is 1. The van der Waals surface area contributed by atoms with Crippen LogP contribution in [0.5, 0.6) is 11.5 Å². The third-order valence-electron chi connectivity index (χ3n) is 8.42. The number of alkyl halides is 3. The quantitative estimate of drug-likeness (QED) is 0.342. The minimum Gasteiger partial charge on any atom is -0.489 e. The van der Waals surface area contributed by atoms with Gasteiger partial charge in [0.15, 0.2) is 0 Å². The number of carbonyl (C=O) groups is 1. The van der Waals surface area contributed by atoms with Crippen molar-refractivity contribution in [1.82, 2.24) is 14.9 Å². The molecule has 3 N–H and O–H groups in total. The summed E-state index contributed by atoms with van der Waals surface area (Å²) in [5.41, 5.74) is 10.9. The van der Waals surface area contributed by atoms with Crippen molar-refractivity contribution in [3.05, 3.63) is 59.2 Å². The SMILES string of the molecule is Nc1nc2c(c(N3CCN(CCOC4CC(C(=O)O)C4)CC3)n1)CCc1cc(OCc3ccc(OC(F)(F)F)cc3)ccc1-2. The molecule has 0 spiro atoms. The molecule has 3 aliphatic rings. The molecule has 2 aromatic carbocycles. The Kier molecular flexibility index (Phi) is 8.50. The number of anilines is 2. The summed E-state index contributed by atoms with van der Waals surface area (Å²) in [5, 5.41) is 9.02. The summed E-state index contributed by atoms with van der Waals surface area (Å²) in [6, 6.07) is 11.4. The Bertz CT molecular complexity index is 1490. The molecule has 1 aromatic heterocycles. The summed E-state index contributed by atoms with van der Waals surface area (Å²) in [6.07, 6.45) is -1.93. The zero-order chi connectivity index (χ0) is 30.8. The number of nitrogens with zero attached hydrogens (tertiary/aromatic N) is 4. The van der Waals surface area contributed by atoms with Crippen molar-refractivity contribution in [3.63, 3.8) is 0 Å². The van der Waals surface area contributed by atoms with Gasteiger partial charge in [-0.25, -0.2) is 4.98 Å². The molecule has 234 valence electrons. The molecule has 44 heavy (non-hydrogen) atoms. The van der Waals surface area contributed by atoms with E-state index in [2.05, 4.69) is 24.5 Å². The highest BCUT2D eigenvalue weighted by atomic mass is 19.4. The molecule has 3 aromatic rings. The van der Waals surface area contributed by atoms with Crippen LogP contribution in [0.3, 0.4) is 0 Å². The Morgan fingerprint density at radius 2 is 1.73 bits per heavy atom. The average Bonchev–Trinajstić information content (AvgIpc) is 2.96.